The maximum atomic E-state index is 12.8. The molecule has 1 atom stereocenters. The molecule has 1 saturated carbocycles. The van der Waals surface area contributed by atoms with Crippen LogP contribution in [0.3, 0.4) is 0 Å². The molecule has 2 N–H and O–H groups in total. The van der Waals surface area contributed by atoms with Gasteiger partial charge in [0.25, 0.3) is 0 Å². The molecule has 1 fully saturated rings. The van der Waals surface area contributed by atoms with Crippen LogP contribution in [0, 0.1) is 5.82 Å². The lowest BCUT2D eigenvalue weighted by molar-refractivity contribution is -0.121. The summed E-state index contributed by atoms with van der Waals surface area (Å²) in [4.78, 5) is 11.8. The molecular formula is C15H21FN2O. The number of benzene rings is 1. The number of rotatable bonds is 5. The Bertz CT molecular complexity index is 413. The van der Waals surface area contributed by atoms with Crippen molar-refractivity contribution in [3.8, 4) is 0 Å². The molecule has 3 nitrogen and oxygen atoms in total. The van der Waals surface area contributed by atoms with Crippen LogP contribution in [-0.4, -0.2) is 18.5 Å². The summed E-state index contributed by atoms with van der Waals surface area (Å²) in [6.07, 6.45) is 4.62. The highest BCUT2D eigenvalue weighted by Gasteiger charge is 2.17. The van der Waals surface area contributed by atoms with Crippen LogP contribution in [0.2, 0.25) is 0 Å². The van der Waals surface area contributed by atoms with E-state index in [1.807, 2.05) is 6.92 Å². The van der Waals surface area contributed by atoms with Crippen molar-refractivity contribution in [3.63, 3.8) is 0 Å². The average Bonchev–Trinajstić information content (AvgIpc) is 2.89. The Labute approximate surface area is 113 Å². The van der Waals surface area contributed by atoms with Crippen molar-refractivity contribution in [2.24, 2.45) is 0 Å². The van der Waals surface area contributed by atoms with Gasteiger partial charge in [0, 0.05) is 12.1 Å². The zero-order valence-electron chi connectivity index (χ0n) is 11.3. The molecule has 19 heavy (non-hydrogen) atoms. The van der Waals surface area contributed by atoms with E-state index in [0.717, 1.165) is 18.4 Å². The van der Waals surface area contributed by atoms with Gasteiger partial charge in [0.15, 0.2) is 0 Å². The fourth-order valence-electron chi connectivity index (χ4n) is 2.46. The van der Waals surface area contributed by atoms with E-state index in [2.05, 4.69) is 10.6 Å². The van der Waals surface area contributed by atoms with Gasteiger partial charge in [-0.15, -0.1) is 0 Å². The van der Waals surface area contributed by atoms with Crippen molar-refractivity contribution in [2.45, 2.75) is 44.7 Å². The maximum absolute atomic E-state index is 12.8. The Hall–Kier alpha value is -1.42. The van der Waals surface area contributed by atoms with E-state index in [0.29, 0.717) is 12.6 Å². The molecule has 4 heteroatoms. The molecule has 1 amide bonds. The van der Waals surface area contributed by atoms with Gasteiger partial charge in [-0.1, -0.05) is 25.0 Å². The third-order valence-electron chi connectivity index (χ3n) is 3.66. The summed E-state index contributed by atoms with van der Waals surface area (Å²) >= 11 is 0. The van der Waals surface area contributed by atoms with Crippen LogP contribution in [0.1, 0.15) is 44.2 Å². The molecule has 0 radical (unpaired) electrons. The molecule has 0 unspecified atom stereocenters. The van der Waals surface area contributed by atoms with Gasteiger partial charge < -0.3 is 10.6 Å². The number of carbonyl (C=O) groups excluding carboxylic acids is 1. The standard InChI is InChI=1S/C15H21FN2O/c1-11(12-6-8-13(16)9-7-12)17-10-15(19)18-14-4-2-3-5-14/h6-9,11,14,17H,2-5,10H2,1H3,(H,18,19)/t11-/m0/s1. The molecule has 2 rings (SSSR count). The number of carbonyl (C=O) groups is 1. The van der Waals surface area contributed by atoms with Gasteiger partial charge in [0.05, 0.1) is 6.54 Å². The van der Waals surface area contributed by atoms with Crippen LogP contribution < -0.4 is 10.6 Å². The minimum atomic E-state index is -0.241. The van der Waals surface area contributed by atoms with Crippen LogP contribution in [-0.2, 0) is 4.79 Å². The van der Waals surface area contributed by atoms with Gasteiger partial charge >= 0.3 is 0 Å². The van der Waals surface area contributed by atoms with E-state index >= 15 is 0 Å². The van der Waals surface area contributed by atoms with Crippen molar-refractivity contribution in [3.05, 3.63) is 35.6 Å². The van der Waals surface area contributed by atoms with Gasteiger partial charge in [-0.2, -0.15) is 0 Å². The molecule has 1 aromatic rings. The third kappa shape index (κ3) is 4.31. The molecule has 0 bridgehead atoms. The minimum Gasteiger partial charge on any atom is -0.352 e. The van der Waals surface area contributed by atoms with E-state index in [1.165, 1.54) is 25.0 Å². The number of nitrogens with one attached hydrogen (secondary N) is 2. The average molecular weight is 264 g/mol. The lowest BCUT2D eigenvalue weighted by Crippen LogP contribution is -2.39. The monoisotopic (exact) mass is 264 g/mol. The van der Waals surface area contributed by atoms with Gasteiger partial charge in [0.1, 0.15) is 5.82 Å². The first-order chi connectivity index (χ1) is 9.15. The molecule has 0 heterocycles. The SMILES string of the molecule is C[C@H](NCC(=O)NC1CCCC1)c1ccc(F)cc1. The molecule has 0 spiro atoms. The van der Waals surface area contributed by atoms with Gasteiger partial charge in [-0.25, -0.2) is 4.39 Å². The normalized spacial score (nSPS) is 17.4. The number of hydrogen-bond acceptors (Lipinski definition) is 2. The van der Waals surface area contributed by atoms with Crippen LogP contribution >= 0.6 is 0 Å². The molecule has 0 saturated heterocycles. The first kappa shape index (κ1) is 14.0. The highest BCUT2D eigenvalue weighted by Crippen LogP contribution is 2.17. The second-order valence-corrected chi connectivity index (χ2v) is 5.20. The van der Waals surface area contributed by atoms with E-state index in [4.69, 9.17) is 0 Å². The summed E-state index contributed by atoms with van der Waals surface area (Å²) in [5.41, 5.74) is 0.982. The topological polar surface area (TPSA) is 41.1 Å². The Morgan fingerprint density at radius 3 is 2.58 bits per heavy atom. The summed E-state index contributed by atoms with van der Waals surface area (Å²) in [7, 11) is 0. The van der Waals surface area contributed by atoms with Crippen molar-refractivity contribution in [1.29, 1.82) is 0 Å². The second-order valence-electron chi connectivity index (χ2n) is 5.20. The summed E-state index contributed by atoms with van der Waals surface area (Å²) in [5.74, 6) is -0.198. The predicted octanol–water partition coefficient (Wildman–Crippen LogP) is 2.54. The van der Waals surface area contributed by atoms with E-state index in [9.17, 15) is 9.18 Å². The molecule has 0 aliphatic heterocycles. The second kappa shape index (κ2) is 6.66. The molecule has 1 aromatic carbocycles. The van der Waals surface area contributed by atoms with Crippen molar-refractivity contribution >= 4 is 5.91 Å². The van der Waals surface area contributed by atoms with Crippen molar-refractivity contribution < 1.29 is 9.18 Å². The van der Waals surface area contributed by atoms with E-state index < -0.39 is 0 Å². The Morgan fingerprint density at radius 1 is 1.32 bits per heavy atom. The molecular weight excluding hydrogens is 243 g/mol. The Kier molecular flexibility index (Phi) is 4.91. The summed E-state index contributed by atoms with van der Waals surface area (Å²) in [6, 6.07) is 6.74. The van der Waals surface area contributed by atoms with Crippen LogP contribution in [0.4, 0.5) is 4.39 Å². The van der Waals surface area contributed by atoms with Gasteiger partial charge in [-0.05, 0) is 37.5 Å². The summed E-state index contributed by atoms with van der Waals surface area (Å²) in [6.45, 7) is 2.27. The number of halogens is 1. The molecule has 1 aliphatic carbocycles. The first-order valence-corrected chi connectivity index (χ1v) is 6.93. The maximum Gasteiger partial charge on any atom is 0.234 e. The van der Waals surface area contributed by atoms with Gasteiger partial charge in [0.2, 0.25) is 5.91 Å². The fraction of sp³-hybridized carbons (Fsp3) is 0.533. The number of amides is 1. The Morgan fingerprint density at radius 2 is 1.95 bits per heavy atom. The largest absolute Gasteiger partial charge is 0.352 e. The van der Waals surface area contributed by atoms with Crippen LogP contribution in [0.15, 0.2) is 24.3 Å². The van der Waals surface area contributed by atoms with Crippen LogP contribution in [0.5, 0.6) is 0 Å². The van der Waals surface area contributed by atoms with Gasteiger partial charge in [-0.3, -0.25) is 4.79 Å². The van der Waals surface area contributed by atoms with Crippen molar-refractivity contribution in [1.82, 2.24) is 10.6 Å². The highest BCUT2D eigenvalue weighted by atomic mass is 19.1. The minimum absolute atomic E-state index is 0.0370. The molecule has 1 aliphatic rings. The van der Waals surface area contributed by atoms with Crippen LogP contribution in [0.25, 0.3) is 0 Å². The Balaban J connectivity index is 1.74. The first-order valence-electron chi connectivity index (χ1n) is 6.93. The smallest absolute Gasteiger partial charge is 0.234 e. The molecule has 104 valence electrons. The summed E-state index contributed by atoms with van der Waals surface area (Å²) in [5, 5.41) is 6.19. The highest BCUT2D eigenvalue weighted by molar-refractivity contribution is 5.78. The lowest BCUT2D eigenvalue weighted by atomic mass is 10.1. The van der Waals surface area contributed by atoms with Crippen molar-refractivity contribution in [2.75, 3.05) is 6.54 Å². The molecule has 0 aromatic heterocycles. The zero-order chi connectivity index (χ0) is 13.7. The number of hydrogen-bond donors (Lipinski definition) is 2. The third-order valence-corrected chi connectivity index (χ3v) is 3.66. The fourth-order valence-corrected chi connectivity index (χ4v) is 2.46. The lowest BCUT2D eigenvalue weighted by Gasteiger charge is -2.16. The zero-order valence-corrected chi connectivity index (χ0v) is 11.3. The summed E-state index contributed by atoms with van der Waals surface area (Å²) < 4.78 is 12.8. The quantitative estimate of drug-likeness (QED) is 0.858. The van der Waals surface area contributed by atoms with E-state index in [1.54, 1.807) is 12.1 Å². The predicted molar refractivity (Wildman–Crippen MR) is 73.2 cm³/mol. The van der Waals surface area contributed by atoms with E-state index in [-0.39, 0.29) is 17.8 Å².